The molecule has 1 saturated carbocycles. The zero-order chi connectivity index (χ0) is 22.6. The smallest absolute Gasteiger partial charge is 0.407 e. The Bertz CT molecular complexity index is 1020. The number of rotatable bonds is 8. The number of nitro benzene ring substituents is 1. The van der Waals surface area contributed by atoms with Crippen molar-refractivity contribution in [1.82, 2.24) is 14.8 Å². The molecule has 1 N–H and O–H groups in total. The maximum atomic E-state index is 12.6. The largest absolute Gasteiger partial charge is 0.419 e. The summed E-state index contributed by atoms with van der Waals surface area (Å²) in [5.41, 5.74) is 0.672. The predicted molar refractivity (Wildman–Crippen MR) is 121 cm³/mol. The fourth-order valence-electron chi connectivity index (χ4n) is 5.31. The molecule has 2 aromatic rings. The summed E-state index contributed by atoms with van der Waals surface area (Å²) in [6, 6.07) is 4.12. The first kappa shape index (κ1) is 22.5. The van der Waals surface area contributed by atoms with Crippen LogP contribution in [0.5, 0.6) is 0 Å². The van der Waals surface area contributed by atoms with E-state index < -0.39 is 10.7 Å². The molecular weight excluding hydrogens is 412 g/mol. The molecule has 2 aliphatic rings. The molecule has 4 rings (SSSR count). The van der Waals surface area contributed by atoms with Gasteiger partial charge in [-0.1, -0.05) is 25.7 Å². The highest BCUT2D eigenvalue weighted by molar-refractivity contribution is 5.76. The first-order valence-electron chi connectivity index (χ1n) is 11.8. The van der Waals surface area contributed by atoms with E-state index in [9.17, 15) is 19.7 Å². The highest BCUT2D eigenvalue weighted by Crippen LogP contribution is 2.35. The third-order valence-corrected chi connectivity index (χ3v) is 7.07. The summed E-state index contributed by atoms with van der Waals surface area (Å²) in [5, 5.41) is 14.1. The van der Waals surface area contributed by atoms with Gasteiger partial charge in [0, 0.05) is 31.1 Å². The third kappa shape index (κ3) is 4.87. The van der Waals surface area contributed by atoms with E-state index in [1.54, 1.807) is 0 Å². The zero-order valence-electron chi connectivity index (χ0n) is 18.5. The number of carbonyl (C=O) groups is 1. The number of nitrogens with one attached hydrogen (secondary N) is 1. The van der Waals surface area contributed by atoms with E-state index in [0.29, 0.717) is 31.4 Å². The quantitative estimate of drug-likeness (QED) is 0.492. The summed E-state index contributed by atoms with van der Waals surface area (Å²) < 4.78 is 6.58. The molecule has 1 amide bonds. The van der Waals surface area contributed by atoms with Crippen molar-refractivity contribution in [3.05, 3.63) is 38.9 Å². The Labute approximate surface area is 186 Å². The Morgan fingerprint density at radius 3 is 2.56 bits per heavy atom. The highest BCUT2D eigenvalue weighted by Gasteiger charge is 2.38. The van der Waals surface area contributed by atoms with Crippen molar-refractivity contribution in [2.75, 3.05) is 19.6 Å². The van der Waals surface area contributed by atoms with E-state index >= 15 is 0 Å². The predicted octanol–water partition coefficient (Wildman–Crippen LogP) is 3.59. The molecule has 2 fully saturated rings. The van der Waals surface area contributed by atoms with Gasteiger partial charge in [-0.3, -0.25) is 24.4 Å². The second kappa shape index (κ2) is 9.85. The molecular formula is C23H32N4O5. The number of aryl methyl sites for hydroxylation is 1. The Hall–Kier alpha value is -2.68. The Kier molecular flexibility index (Phi) is 6.93. The normalized spacial score (nSPS) is 19.1. The number of benzene rings is 1. The van der Waals surface area contributed by atoms with E-state index in [0.717, 1.165) is 25.9 Å². The molecule has 0 bridgehead atoms. The van der Waals surface area contributed by atoms with Gasteiger partial charge in [0.15, 0.2) is 5.58 Å². The van der Waals surface area contributed by atoms with Crippen molar-refractivity contribution in [2.45, 2.75) is 76.3 Å². The van der Waals surface area contributed by atoms with Crippen molar-refractivity contribution in [2.24, 2.45) is 0 Å². The third-order valence-electron chi connectivity index (χ3n) is 7.07. The molecule has 1 aromatic carbocycles. The van der Waals surface area contributed by atoms with Crippen molar-refractivity contribution >= 4 is 22.7 Å². The summed E-state index contributed by atoms with van der Waals surface area (Å²) >= 11 is 0. The van der Waals surface area contributed by atoms with Crippen molar-refractivity contribution in [1.29, 1.82) is 0 Å². The van der Waals surface area contributed by atoms with Crippen LogP contribution in [0.1, 0.15) is 64.2 Å². The molecule has 1 saturated heterocycles. The first-order valence-corrected chi connectivity index (χ1v) is 11.8. The van der Waals surface area contributed by atoms with Crippen LogP contribution in [0, 0.1) is 10.1 Å². The number of non-ortho nitro benzene ring substituents is 1. The molecule has 9 nitrogen and oxygen atoms in total. The molecule has 0 spiro atoms. The number of carbonyl (C=O) groups excluding carboxylic acids is 1. The standard InChI is InChI=1S/C23H32N4O5/c28-21(24-17-23(11-3-1-4-12-23)25-13-5-2-6-14-25)8-7-15-26-19-10-9-18(27(30)31)16-20(19)32-22(26)29/h9-10,16H,1-8,11-15,17H2,(H,24,28). The number of aromatic nitrogens is 1. The number of hydrogen-bond donors (Lipinski definition) is 1. The summed E-state index contributed by atoms with van der Waals surface area (Å²) in [6.07, 6.45) is 10.6. The van der Waals surface area contributed by atoms with E-state index in [4.69, 9.17) is 4.42 Å². The van der Waals surface area contributed by atoms with Gasteiger partial charge in [0.2, 0.25) is 5.91 Å². The number of nitrogens with zero attached hydrogens (tertiary/aromatic N) is 3. The van der Waals surface area contributed by atoms with Crippen LogP contribution in [0.2, 0.25) is 0 Å². The minimum atomic E-state index is -0.563. The second-order valence-electron chi connectivity index (χ2n) is 9.14. The fourth-order valence-corrected chi connectivity index (χ4v) is 5.31. The van der Waals surface area contributed by atoms with Crippen LogP contribution >= 0.6 is 0 Å². The van der Waals surface area contributed by atoms with E-state index in [2.05, 4.69) is 10.2 Å². The van der Waals surface area contributed by atoms with Gasteiger partial charge in [-0.15, -0.1) is 0 Å². The average molecular weight is 445 g/mol. The number of piperidine rings is 1. The number of nitro groups is 1. The number of likely N-dealkylation sites (tertiary alicyclic amines) is 1. The maximum absolute atomic E-state index is 12.6. The van der Waals surface area contributed by atoms with Crippen molar-refractivity contribution in [3.63, 3.8) is 0 Å². The van der Waals surface area contributed by atoms with Crippen LogP contribution in [-0.2, 0) is 11.3 Å². The molecule has 0 radical (unpaired) electrons. The highest BCUT2D eigenvalue weighted by atomic mass is 16.6. The molecule has 1 aromatic heterocycles. The van der Waals surface area contributed by atoms with Gasteiger partial charge in [-0.05, 0) is 51.3 Å². The molecule has 1 aliphatic heterocycles. The lowest BCUT2D eigenvalue weighted by Gasteiger charge is -2.48. The summed E-state index contributed by atoms with van der Waals surface area (Å²) in [4.78, 5) is 37.8. The lowest BCUT2D eigenvalue weighted by molar-refractivity contribution is -0.384. The fraction of sp³-hybridized carbons (Fsp3) is 0.652. The van der Waals surface area contributed by atoms with Crippen LogP contribution < -0.4 is 11.1 Å². The van der Waals surface area contributed by atoms with E-state index in [1.807, 2.05) is 0 Å². The summed E-state index contributed by atoms with van der Waals surface area (Å²) in [6.45, 7) is 3.29. The van der Waals surface area contributed by atoms with E-state index in [-0.39, 0.29) is 22.7 Å². The lowest BCUT2D eigenvalue weighted by atomic mass is 9.79. The minimum absolute atomic E-state index is 0.00319. The van der Waals surface area contributed by atoms with Crippen LogP contribution in [0.3, 0.4) is 0 Å². The molecule has 0 unspecified atom stereocenters. The lowest BCUT2D eigenvalue weighted by Crippen LogP contribution is -2.58. The van der Waals surface area contributed by atoms with Gasteiger partial charge in [-0.25, -0.2) is 4.79 Å². The molecule has 174 valence electrons. The van der Waals surface area contributed by atoms with Crippen molar-refractivity contribution < 1.29 is 14.1 Å². The van der Waals surface area contributed by atoms with Crippen LogP contribution in [0.15, 0.2) is 27.4 Å². The zero-order valence-corrected chi connectivity index (χ0v) is 18.5. The number of amides is 1. The van der Waals surface area contributed by atoms with Crippen molar-refractivity contribution in [3.8, 4) is 0 Å². The second-order valence-corrected chi connectivity index (χ2v) is 9.14. The van der Waals surface area contributed by atoms with E-state index in [1.165, 1.54) is 61.3 Å². The summed E-state index contributed by atoms with van der Waals surface area (Å²) in [7, 11) is 0. The molecule has 1 aliphatic carbocycles. The SMILES string of the molecule is O=C(CCCn1c(=O)oc2cc([N+](=O)[O-])ccc21)NCC1(N2CCCCC2)CCCCC1. The number of fused-ring (bicyclic) bond motifs is 1. The Balaban J connectivity index is 1.32. The first-order chi connectivity index (χ1) is 15.5. The molecule has 32 heavy (non-hydrogen) atoms. The van der Waals surface area contributed by atoms with Crippen LogP contribution in [0.4, 0.5) is 5.69 Å². The van der Waals surface area contributed by atoms with Crippen LogP contribution in [-0.4, -0.2) is 45.5 Å². The maximum Gasteiger partial charge on any atom is 0.419 e. The van der Waals surface area contributed by atoms with Gasteiger partial charge in [-0.2, -0.15) is 0 Å². The number of oxazole rings is 1. The minimum Gasteiger partial charge on any atom is -0.407 e. The molecule has 9 heteroatoms. The van der Waals surface area contributed by atoms with Gasteiger partial charge in [0.1, 0.15) is 0 Å². The topological polar surface area (TPSA) is 111 Å². The van der Waals surface area contributed by atoms with Gasteiger partial charge in [0.05, 0.1) is 16.5 Å². The van der Waals surface area contributed by atoms with Gasteiger partial charge < -0.3 is 9.73 Å². The Morgan fingerprint density at radius 2 is 1.84 bits per heavy atom. The Morgan fingerprint density at radius 1 is 1.12 bits per heavy atom. The number of hydrogen-bond acceptors (Lipinski definition) is 6. The summed E-state index contributed by atoms with van der Waals surface area (Å²) in [5.74, 6) is -0.560. The van der Waals surface area contributed by atoms with Crippen LogP contribution in [0.25, 0.3) is 11.1 Å². The van der Waals surface area contributed by atoms with Gasteiger partial charge in [0.25, 0.3) is 5.69 Å². The van der Waals surface area contributed by atoms with Gasteiger partial charge >= 0.3 is 5.76 Å². The monoisotopic (exact) mass is 444 g/mol. The molecule has 0 atom stereocenters. The average Bonchev–Trinajstić information content (AvgIpc) is 3.13. The molecule has 2 heterocycles.